The molecule has 0 aromatic heterocycles. The molecular weight excluding hydrogens is 212 g/mol. The zero-order chi connectivity index (χ0) is 12.8. The molecule has 0 saturated carbocycles. The molecule has 0 fully saturated rings. The van der Waals surface area contributed by atoms with Crippen LogP contribution in [0.25, 0.3) is 0 Å². The van der Waals surface area contributed by atoms with E-state index in [-0.39, 0.29) is 5.91 Å². The van der Waals surface area contributed by atoms with E-state index >= 15 is 0 Å². The third kappa shape index (κ3) is 4.10. The Balaban J connectivity index is 2.53. The summed E-state index contributed by atoms with van der Waals surface area (Å²) in [5.41, 5.74) is 7.89. The average Bonchev–Trinajstić information content (AvgIpc) is 2.24. The van der Waals surface area contributed by atoms with Gasteiger partial charge < -0.3 is 11.1 Å². The van der Waals surface area contributed by atoms with E-state index in [9.17, 15) is 4.79 Å². The number of nitrogens with one attached hydrogen (secondary N) is 1. The molecule has 0 spiro atoms. The van der Waals surface area contributed by atoms with Crippen molar-refractivity contribution in [2.45, 2.75) is 33.6 Å². The molecule has 0 heterocycles. The number of carbonyl (C=O) groups excluding carboxylic acids is 1. The summed E-state index contributed by atoms with van der Waals surface area (Å²) >= 11 is 0. The molecule has 0 bridgehead atoms. The molecule has 0 aliphatic rings. The lowest BCUT2D eigenvalue weighted by Gasteiger charge is -2.10. The van der Waals surface area contributed by atoms with Crippen LogP contribution in [0.1, 0.15) is 42.6 Å². The molecule has 3 nitrogen and oxygen atoms in total. The summed E-state index contributed by atoms with van der Waals surface area (Å²) < 4.78 is 0. The maximum atomic E-state index is 11.9. The second kappa shape index (κ2) is 6.28. The van der Waals surface area contributed by atoms with Gasteiger partial charge >= 0.3 is 0 Å². The van der Waals surface area contributed by atoms with Crippen molar-refractivity contribution in [2.24, 2.45) is 5.92 Å². The first-order chi connectivity index (χ1) is 8.02. The minimum atomic E-state index is -0.0654. The Labute approximate surface area is 103 Å². The van der Waals surface area contributed by atoms with Crippen LogP contribution in [0.4, 0.5) is 5.69 Å². The van der Waals surface area contributed by atoms with E-state index in [2.05, 4.69) is 19.2 Å². The summed E-state index contributed by atoms with van der Waals surface area (Å²) in [7, 11) is 0. The number of nitrogens with two attached hydrogens (primary N) is 1. The van der Waals surface area contributed by atoms with E-state index in [0.29, 0.717) is 23.7 Å². The molecule has 0 radical (unpaired) electrons. The summed E-state index contributed by atoms with van der Waals surface area (Å²) in [6.45, 7) is 6.98. The topological polar surface area (TPSA) is 55.1 Å². The minimum absolute atomic E-state index is 0.0654. The molecule has 1 rings (SSSR count). The lowest BCUT2D eigenvalue weighted by atomic mass is 10.1. The van der Waals surface area contributed by atoms with Gasteiger partial charge in [-0.1, -0.05) is 26.0 Å². The van der Waals surface area contributed by atoms with Gasteiger partial charge in [-0.05, 0) is 37.3 Å². The number of nitrogen functional groups attached to an aromatic ring is 1. The molecular formula is C14H22N2O. The largest absolute Gasteiger partial charge is 0.398 e. The van der Waals surface area contributed by atoms with Crippen molar-refractivity contribution >= 4 is 11.6 Å². The lowest BCUT2D eigenvalue weighted by molar-refractivity contribution is 0.0953. The number of hydrogen-bond donors (Lipinski definition) is 2. The summed E-state index contributed by atoms with van der Waals surface area (Å²) in [5.74, 6) is 0.611. The fraction of sp³-hybridized carbons (Fsp3) is 0.500. The predicted molar refractivity (Wildman–Crippen MR) is 72.0 cm³/mol. The zero-order valence-electron chi connectivity index (χ0n) is 10.9. The van der Waals surface area contributed by atoms with Gasteiger partial charge in [-0.3, -0.25) is 4.79 Å². The fourth-order valence-electron chi connectivity index (χ4n) is 1.80. The molecule has 94 valence electrons. The van der Waals surface area contributed by atoms with Crippen LogP contribution in [0.5, 0.6) is 0 Å². The first-order valence-electron chi connectivity index (χ1n) is 6.15. The van der Waals surface area contributed by atoms with Crippen LogP contribution < -0.4 is 11.1 Å². The van der Waals surface area contributed by atoms with Crippen molar-refractivity contribution in [3.63, 3.8) is 0 Å². The van der Waals surface area contributed by atoms with Gasteiger partial charge in [-0.2, -0.15) is 0 Å². The molecule has 1 aromatic rings. The molecule has 0 saturated heterocycles. The Bertz CT molecular complexity index is 366. The van der Waals surface area contributed by atoms with Crippen LogP contribution in [0.2, 0.25) is 0 Å². The summed E-state index contributed by atoms with van der Waals surface area (Å²) in [4.78, 5) is 11.9. The first kappa shape index (κ1) is 13.6. The lowest BCUT2D eigenvalue weighted by Crippen LogP contribution is -2.26. The van der Waals surface area contributed by atoms with Crippen molar-refractivity contribution in [3.8, 4) is 0 Å². The van der Waals surface area contributed by atoms with Crippen molar-refractivity contribution in [1.29, 1.82) is 0 Å². The number of aryl methyl sites for hydroxylation is 1. The third-order valence-corrected chi connectivity index (χ3v) is 2.78. The predicted octanol–water partition coefficient (Wildman–Crippen LogP) is 2.74. The molecule has 0 aliphatic heterocycles. The van der Waals surface area contributed by atoms with Gasteiger partial charge in [0.2, 0.25) is 0 Å². The number of carbonyl (C=O) groups is 1. The van der Waals surface area contributed by atoms with E-state index in [1.54, 1.807) is 6.07 Å². The highest BCUT2D eigenvalue weighted by Gasteiger charge is 2.11. The molecule has 0 unspecified atom stereocenters. The molecule has 17 heavy (non-hydrogen) atoms. The Morgan fingerprint density at radius 2 is 2.12 bits per heavy atom. The maximum Gasteiger partial charge on any atom is 0.253 e. The SMILES string of the molecule is Cc1cccc(N)c1C(=O)NCCCC(C)C. The normalized spacial score (nSPS) is 10.6. The van der Waals surface area contributed by atoms with E-state index in [4.69, 9.17) is 5.73 Å². The molecule has 0 atom stereocenters. The highest BCUT2D eigenvalue weighted by atomic mass is 16.1. The van der Waals surface area contributed by atoms with Crippen LogP contribution in [-0.4, -0.2) is 12.5 Å². The van der Waals surface area contributed by atoms with Crippen molar-refractivity contribution in [2.75, 3.05) is 12.3 Å². The Kier molecular flexibility index (Phi) is 5.01. The van der Waals surface area contributed by atoms with E-state index < -0.39 is 0 Å². The van der Waals surface area contributed by atoms with Gasteiger partial charge in [0.05, 0.1) is 5.56 Å². The van der Waals surface area contributed by atoms with Crippen LogP contribution in [-0.2, 0) is 0 Å². The summed E-state index contributed by atoms with van der Waals surface area (Å²) in [6, 6.07) is 5.52. The number of benzene rings is 1. The number of amides is 1. The number of rotatable bonds is 5. The van der Waals surface area contributed by atoms with Crippen LogP contribution >= 0.6 is 0 Å². The average molecular weight is 234 g/mol. The van der Waals surface area contributed by atoms with Gasteiger partial charge in [-0.15, -0.1) is 0 Å². The number of anilines is 1. The molecule has 1 amide bonds. The Hall–Kier alpha value is -1.51. The molecule has 3 heteroatoms. The monoisotopic (exact) mass is 234 g/mol. The highest BCUT2D eigenvalue weighted by Crippen LogP contribution is 2.15. The van der Waals surface area contributed by atoms with E-state index in [1.165, 1.54) is 0 Å². The smallest absolute Gasteiger partial charge is 0.253 e. The van der Waals surface area contributed by atoms with Crippen molar-refractivity contribution in [1.82, 2.24) is 5.32 Å². The second-order valence-electron chi connectivity index (χ2n) is 4.83. The van der Waals surface area contributed by atoms with Gasteiger partial charge in [0.1, 0.15) is 0 Å². The van der Waals surface area contributed by atoms with Crippen molar-refractivity contribution < 1.29 is 4.79 Å². The second-order valence-corrected chi connectivity index (χ2v) is 4.83. The third-order valence-electron chi connectivity index (χ3n) is 2.78. The van der Waals surface area contributed by atoms with Crippen molar-refractivity contribution in [3.05, 3.63) is 29.3 Å². The van der Waals surface area contributed by atoms with Crippen LogP contribution in [0.3, 0.4) is 0 Å². The zero-order valence-corrected chi connectivity index (χ0v) is 10.9. The first-order valence-corrected chi connectivity index (χ1v) is 6.15. The standard InChI is InChI=1S/C14H22N2O/c1-10(2)6-5-9-16-14(17)13-11(3)7-4-8-12(13)15/h4,7-8,10H,5-6,9,15H2,1-3H3,(H,16,17). The van der Waals surface area contributed by atoms with Crippen LogP contribution in [0.15, 0.2) is 18.2 Å². The van der Waals surface area contributed by atoms with Crippen LogP contribution in [0, 0.1) is 12.8 Å². The highest BCUT2D eigenvalue weighted by molar-refractivity contribution is 6.00. The fourth-order valence-corrected chi connectivity index (χ4v) is 1.80. The van der Waals surface area contributed by atoms with Gasteiger partial charge in [0.15, 0.2) is 0 Å². The minimum Gasteiger partial charge on any atom is -0.398 e. The molecule has 1 aromatic carbocycles. The van der Waals surface area contributed by atoms with Gasteiger partial charge in [0, 0.05) is 12.2 Å². The van der Waals surface area contributed by atoms with Gasteiger partial charge in [0.25, 0.3) is 5.91 Å². The molecule has 0 aliphatic carbocycles. The maximum absolute atomic E-state index is 11.9. The Morgan fingerprint density at radius 1 is 1.41 bits per heavy atom. The van der Waals surface area contributed by atoms with E-state index in [1.807, 2.05) is 19.1 Å². The Morgan fingerprint density at radius 3 is 2.71 bits per heavy atom. The summed E-state index contributed by atoms with van der Waals surface area (Å²) in [5, 5.41) is 2.92. The molecule has 3 N–H and O–H groups in total. The number of hydrogen-bond acceptors (Lipinski definition) is 2. The van der Waals surface area contributed by atoms with Gasteiger partial charge in [-0.25, -0.2) is 0 Å². The van der Waals surface area contributed by atoms with E-state index in [0.717, 1.165) is 18.4 Å². The quantitative estimate of drug-likeness (QED) is 0.608. The summed E-state index contributed by atoms with van der Waals surface area (Å²) in [6.07, 6.45) is 2.14.